The van der Waals surface area contributed by atoms with Gasteiger partial charge in [-0.3, -0.25) is 0 Å². The van der Waals surface area contributed by atoms with Crippen molar-refractivity contribution in [2.45, 2.75) is 18.9 Å². The van der Waals surface area contributed by atoms with E-state index in [1.807, 2.05) is 0 Å². The van der Waals surface area contributed by atoms with E-state index < -0.39 is 0 Å². The highest BCUT2D eigenvalue weighted by atomic mass is 127. The van der Waals surface area contributed by atoms with Crippen molar-refractivity contribution in [2.75, 3.05) is 26.7 Å². The van der Waals surface area contributed by atoms with Crippen molar-refractivity contribution >= 4 is 0 Å². The van der Waals surface area contributed by atoms with Crippen LogP contribution in [0.4, 0.5) is 0 Å². The Kier molecular flexibility index (Phi) is 2.82. The van der Waals surface area contributed by atoms with E-state index in [1.54, 1.807) is 0 Å². The molecule has 0 aromatic heterocycles. The molecular formula is C8H17IN2. The van der Waals surface area contributed by atoms with Crippen LogP contribution in [0.2, 0.25) is 0 Å². The Hall–Kier alpha value is 0.650. The average Bonchev–Trinajstić information content (AvgIpc) is 1.87. The van der Waals surface area contributed by atoms with Crippen LogP contribution in [-0.4, -0.2) is 37.2 Å². The summed E-state index contributed by atoms with van der Waals surface area (Å²) in [7, 11) is 2.34. The SMILES string of the molecule is C[N+]12CCC(CC1)C(N)C2.[I-]. The predicted molar refractivity (Wildman–Crippen MR) is 41.5 cm³/mol. The van der Waals surface area contributed by atoms with Gasteiger partial charge in [0.2, 0.25) is 0 Å². The monoisotopic (exact) mass is 268 g/mol. The van der Waals surface area contributed by atoms with Crippen molar-refractivity contribution in [3.63, 3.8) is 0 Å². The number of rotatable bonds is 0. The van der Waals surface area contributed by atoms with Crippen LogP contribution in [0.15, 0.2) is 0 Å². The molecule has 3 saturated heterocycles. The lowest BCUT2D eigenvalue weighted by atomic mass is 9.83. The second-order valence-electron chi connectivity index (χ2n) is 4.25. The molecule has 2 nitrogen and oxygen atoms in total. The minimum Gasteiger partial charge on any atom is -1.00 e. The van der Waals surface area contributed by atoms with E-state index in [2.05, 4.69) is 7.05 Å². The minimum absolute atomic E-state index is 0. The number of hydrogen-bond donors (Lipinski definition) is 1. The van der Waals surface area contributed by atoms with Crippen molar-refractivity contribution in [1.29, 1.82) is 0 Å². The van der Waals surface area contributed by atoms with Crippen molar-refractivity contribution in [3.8, 4) is 0 Å². The Bertz CT molecular complexity index is 141. The summed E-state index contributed by atoms with van der Waals surface area (Å²) in [6, 6.07) is 0.507. The van der Waals surface area contributed by atoms with Crippen LogP contribution < -0.4 is 29.7 Å². The lowest BCUT2D eigenvalue weighted by Gasteiger charge is -2.49. The van der Waals surface area contributed by atoms with Crippen molar-refractivity contribution < 1.29 is 28.5 Å². The Balaban J connectivity index is 0.000000605. The van der Waals surface area contributed by atoms with Gasteiger partial charge in [0.1, 0.15) is 0 Å². The van der Waals surface area contributed by atoms with Crippen molar-refractivity contribution in [2.24, 2.45) is 11.7 Å². The summed E-state index contributed by atoms with van der Waals surface area (Å²) in [4.78, 5) is 0. The van der Waals surface area contributed by atoms with Gasteiger partial charge in [-0.05, 0) is 5.92 Å². The minimum atomic E-state index is 0. The van der Waals surface area contributed by atoms with Crippen LogP contribution >= 0.6 is 0 Å². The Morgan fingerprint density at radius 3 is 2.09 bits per heavy atom. The molecule has 3 rings (SSSR count). The van der Waals surface area contributed by atoms with Crippen LogP contribution in [0, 0.1) is 5.92 Å². The van der Waals surface area contributed by atoms with Gasteiger partial charge in [-0.1, -0.05) is 0 Å². The molecule has 66 valence electrons. The molecule has 1 unspecified atom stereocenters. The zero-order chi connectivity index (χ0) is 7.19. The summed E-state index contributed by atoms with van der Waals surface area (Å²) in [5.41, 5.74) is 5.99. The third-order valence-corrected chi connectivity index (χ3v) is 3.34. The van der Waals surface area contributed by atoms with Gasteiger partial charge in [0.05, 0.1) is 32.7 Å². The van der Waals surface area contributed by atoms with Crippen LogP contribution in [-0.2, 0) is 0 Å². The number of hydrogen-bond acceptors (Lipinski definition) is 1. The van der Waals surface area contributed by atoms with Crippen LogP contribution in [0.25, 0.3) is 0 Å². The average molecular weight is 268 g/mol. The highest BCUT2D eigenvalue weighted by Crippen LogP contribution is 2.30. The molecule has 2 N–H and O–H groups in total. The van der Waals surface area contributed by atoms with Gasteiger partial charge in [0.25, 0.3) is 0 Å². The largest absolute Gasteiger partial charge is 1.00 e. The highest BCUT2D eigenvalue weighted by Gasteiger charge is 2.41. The van der Waals surface area contributed by atoms with E-state index in [1.165, 1.54) is 37.0 Å². The number of halogens is 1. The summed E-state index contributed by atoms with van der Waals surface area (Å²) in [5.74, 6) is 0.861. The fourth-order valence-electron chi connectivity index (χ4n) is 2.48. The van der Waals surface area contributed by atoms with Gasteiger partial charge in [-0.15, -0.1) is 0 Å². The number of likely N-dealkylation sites (N-methyl/N-ethyl adjacent to an activating group) is 1. The van der Waals surface area contributed by atoms with Crippen LogP contribution in [0.3, 0.4) is 0 Å². The first-order valence-corrected chi connectivity index (χ1v) is 4.29. The van der Waals surface area contributed by atoms with Gasteiger partial charge in [-0.2, -0.15) is 0 Å². The normalized spacial score (nSPS) is 48.5. The maximum absolute atomic E-state index is 5.99. The van der Waals surface area contributed by atoms with Gasteiger partial charge in [-0.25, -0.2) is 0 Å². The molecule has 0 spiro atoms. The van der Waals surface area contributed by atoms with E-state index in [0.29, 0.717) is 6.04 Å². The number of nitrogens with zero attached hydrogens (tertiary/aromatic N) is 1. The summed E-state index contributed by atoms with van der Waals surface area (Å²) in [6.45, 7) is 3.97. The second-order valence-corrected chi connectivity index (χ2v) is 4.25. The van der Waals surface area contributed by atoms with Gasteiger partial charge in [0.15, 0.2) is 0 Å². The predicted octanol–water partition coefficient (Wildman–Crippen LogP) is -2.81. The van der Waals surface area contributed by atoms with Crippen LogP contribution in [0.1, 0.15) is 12.8 Å². The van der Waals surface area contributed by atoms with E-state index in [4.69, 9.17) is 5.73 Å². The van der Waals surface area contributed by atoms with E-state index in [-0.39, 0.29) is 24.0 Å². The van der Waals surface area contributed by atoms with Gasteiger partial charge in [0, 0.05) is 12.8 Å². The van der Waals surface area contributed by atoms with E-state index in [0.717, 1.165) is 5.92 Å². The molecule has 0 amide bonds. The maximum atomic E-state index is 5.99. The number of piperidine rings is 3. The molecule has 3 heteroatoms. The third-order valence-electron chi connectivity index (χ3n) is 3.34. The number of nitrogens with two attached hydrogens (primary N) is 1. The lowest BCUT2D eigenvalue weighted by molar-refractivity contribution is -0.925. The summed E-state index contributed by atoms with van der Waals surface area (Å²) >= 11 is 0. The van der Waals surface area contributed by atoms with Crippen molar-refractivity contribution in [1.82, 2.24) is 0 Å². The highest BCUT2D eigenvalue weighted by molar-refractivity contribution is 4.81. The number of fused-ring (bicyclic) bond motifs is 3. The molecule has 0 aliphatic carbocycles. The van der Waals surface area contributed by atoms with E-state index >= 15 is 0 Å². The first kappa shape index (κ1) is 9.74. The Morgan fingerprint density at radius 2 is 1.82 bits per heavy atom. The first-order chi connectivity index (χ1) is 4.70. The lowest BCUT2D eigenvalue weighted by Crippen LogP contribution is -3.00. The summed E-state index contributed by atoms with van der Waals surface area (Å²) in [6.07, 6.45) is 2.75. The molecule has 0 radical (unpaired) electrons. The molecular weight excluding hydrogens is 251 g/mol. The third kappa shape index (κ3) is 1.70. The molecule has 1 atom stereocenters. The van der Waals surface area contributed by atoms with Gasteiger partial charge < -0.3 is 34.2 Å². The zero-order valence-electron chi connectivity index (χ0n) is 7.09. The molecule has 3 aliphatic heterocycles. The Labute approximate surface area is 85.7 Å². The smallest absolute Gasteiger partial charge is 0.0941 e. The molecule has 3 fully saturated rings. The Morgan fingerprint density at radius 1 is 1.27 bits per heavy atom. The van der Waals surface area contributed by atoms with E-state index in [9.17, 15) is 0 Å². The quantitative estimate of drug-likeness (QED) is 0.372. The molecule has 3 heterocycles. The molecule has 0 saturated carbocycles. The number of quaternary nitrogens is 1. The first-order valence-electron chi connectivity index (χ1n) is 4.29. The molecule has 0 aromatic carbocycles. The standard InChI is InChI=1S/C8H17N2.HI/c1-10-4-2-7(3-5-10)8(9)6-10;/h7-8H,2-6,9H2,1H3;1H/q+1;/p-1. The fourth-order valence-corrected chi connectivity index (χ4v) is 2.48. The van der Waals surface area contributed by atoms with Crippen LogP contribution in [0.5, 0.6) is 0 Å². The summed E-state index contributed by atoms with van der Waals surface area (Å²) in [5, 5.41) is 0. The zero-order valence-corrected chi connectivity index (χ0v) is 9.25. The fraction of sp³-hybridized carbons (Fsp3) is 1.00. The van der Waals surface area contributed by atoms with Gasteiger partial charge >= 0.3 is 0 Å². The molecule has 2 bridgehead atoms. The van der Waals surface area contributed by atoms with Crippen molar-refractivity contribution in [3.05, 3.63) is 0 Å². The molecule has 0 aromatic rings. The molecule has 11 heavy (non-hydrogen) atoms. The topological polar surface area (TPSA) is 26.0 Å². The molecule has 3 aliphatic rings. The second kappa shape index (κ2) is 3.18. The maximum Gasteiger partial charge on any atom is 0.0941 e. The summed E-state index contributed by atoms with van der Waals surface area (Å²) < 4.78 is 1.25.